The first kappa shape index (κ1) is 20.3. The molecule has 7 heteroatoms. The fourth-order valence-corrected chi connectivity index (χ4v) is 4.24. The van der Waals surface area contributed by atoms with E-state index in [1.165, 1.54) is 7.05 Å². The monoisotopic (exact) mass is 506 g/mol. The third-order valence-corrected chi connectivity index (χ3v) is 6.77. The molecule has 28 heavy (non-hydrogen) atoms. The quantitative estimate of drug-likeness (QED) is 0.512. The topological polar surface area (TPSA) is 66.5 Å². The van der Waals surface area contributed by atoms with Crippen molar-refractivity contribution in [3.63, 3.8) is 0 Å². The summed E-state index contributed by atoms with van der Waals surface area (Å²) >= 11 is 2.19. The maximum Gasteiger partial charge on any atom is 0.264 e. The van der Waals surface area contributed by atoms with E-state index in [-0.39, 0.29) is 16.4 Å². The summed E-state index contributed by atoms with van der Waals surface area (Å²) in [6.45, 7) is 1.89. The average Bonchev–Trinajstić information content (AvgIpc) is 2.69. The van der Waals surface area contributed by atoms with Crippen LogP contribution in [0.3, 0.4) is 0 Å². The third-order valence-electron chi connectivity index (χ3n) is 4.27. The largest absolute Gasteiger partial charge is 0.322 e. The fourth-order valence-electron chi connectivity index (χ4n) is 2.67. The predicted octanol–water partition coefficient (Wildman–Crippen LogP) is 4.68. The number of anilines is 2. The minimum Gasteiger partial charge on any atom is -0.322 e. The van der Waals surface area contributed by atoms with Gasteiger partial charge in [-0.3, -0.25) is 9.10 Å². The molecule has 1 N–H and O–H groups in total. The van der Waals surface area contributed by atoms with E-state index in [0.29, 0.717) is 11.4 Å². The van der Waals surface area contributed by atoms with Gasteiger partial charge in [0.2, 0.25) is 0 Å². The van der Waals surface area contributed by atoms with Gasteiger partial charge in [-0.2, -0.15) is 0 Å². The van der Waals surface area contributed by atoms with Crippen molar-refractivity contribution in [3.8, 4) is 0 Å². The summed E-state index contributed by atoms with van der Waals surface area (Å²) in [4.78, 5) is 13.0. The number of carbonyl (C=O) groups is 1. The van der Waals surface area contributed by atoms with Crippen molar-refractivity contribution in [2.75, 3.05) is 16.7 Å². The first-order chi connectivity index (χ1) is 13.3. The molecular weight excluding hydrogens is 487 g/mol. The van der Waals surface area contributed by atoms with Crippen LogP contribution in [-0.2, 0) is 10.0 Å². The van der Waals surface area contributed by atoms with Crippen molar-refractivity contribution in [2.24, 2.45) is 0 Å². The standard InChI is InChI=1S/C21H19IN2O3S/c1-15-7-13-18(14-8-15)28(26,27)24(2)20-6-4-3-5-19(20)21(25)23-17-11-9-16(22)10-12-17/h3-14H,1-2H3,(H,23,25). The molecule has 0 aliphatic carbocycles. The Labute approximate surface area is 178 Å². The van der Waals surface area contributed by atoms with Gasteiger partial charge in [-0.15, -0.1) is 0 Å². The summed E-state index contributed by atoms with van der Waals surface area (Å²) in [5, 5.41) is 2.82. The predicted molar refractivity (Wildman–Crippen MR) is 120 cm³/mol. The minimum absolute atomic E-state index is 0.174. The molecule has 0 fully saturated rings. The van der Waals surface area contributed by atoms with Crippen molar-refractivity contribution in [1.82, 2.24) is 0 Å². The van der Waals surface area contributed by atoms with Crippen LogP contribution in [0, 0.1) is 10.5 Å². The summed E-state index contributed by atoms with van der Waals surface area (Å²) < 4.78 is 28.2. The number of amides is 1. The average molecular weight is 506 g/mol. The number of carbonyl (C=O) groups excluding carboxylic acids is 1. The number of para-hydroxylation sites is 1. The van der Waals surface area contributed by atoms with Crippen molar-refractivity contribution in [3.05, 3.63) is 87.5 Å². The number of aryl methyl sites for hydroxylation is 1. The zero-order chi connectivity index (χ0) is 20.3. The van der Waals surface area contributed by atoms with E-state index in [4.69, 9.17) is 0 Å². The molecule has 0 aliphatic heterocycles. The van der Waals surface area contributed by atoms with Gasteiger partial charge in [0.25, 0.3) is 15.9 Å². The van der Waals surface area contributed by atoms with Gasteiger partial charge < -0.3 is 5.32 Å². The number of sulfonamides is 1. The Morgan fingerprint density at radius 2 is 1.54 bits per heavy atom. The Kier molecular flexibility index (Phi) is 6.04. The Balaban J connectivity index is 1.93. The number of halogens is 1. The van der Waals surface area contributed by atoms with Crippen LogP contribution in [0.4, 0.5) is 11.4 Å². The molecule has 0 aliphatic rings. The van der Waals surface area contributed by atoms with Crippen molar-refractivity contribution in [2.45, 2.75) is 11.8 Å². The van der Waals surface area contributed by atoms with E-state index >= 15 is 0 Å². The molecular formula is C21H19IN2O3S. The zero-order valence-corrected chi connectivity index (χ0v) is 18.4. The molecule has 0 aromatic heterocycles. The number of nitrogens with zero attached hydrogens (tertiary/aromatic N) is 1. The molecule has 3 aromatic carbocycles. The molecule has 0 spiro atoms. The van der Waals surface area contributed by atoms with Crippen LogP contribution >= 0.6 is 22.6 Å². The maximum atomic E-state index is 13.0. The second-order valence-corrected chi connectivity index (χ2v) is 9.48. The normalized spacial score (nSPS) is 11.1. The van der Waals surface area contributed by atoms with Gasteiger partial charge in [-0.05, 0) is 78.0 Å². The number of nitrogens with one attached hydrogen (secondary N) is 1. The Morgan fingerprint density at radius 3 is 2.18 bits per heavy atom. The molecule has 0 bridgehead atoms. The van der Waals surface area contributed by atoms with Gasteiger partial charge in [0.1, 0.15) is 0 Å². The van der Waals surface area contributed by atoms with E-state index in [2.05, 4.69) is 27.9 Å². The number of benzene rings is 3. The fraction of sp³-hybridized carbons (Fsp3) is 0.0952. The Hall–Kier alpha value is -2.39. The van der Waals surface area contributed by atoms with Crippen LogP contribution in [-0.4, -0.2) is 21.4 Å². The van der Waals surface area contributed by atoms with Crippen LogP contribution in [0.25, 0.3) is 0 Å². The summed E-state index contributed by atoms with van der Waals surface area (Å²) in [7, 11) is -2.34. The van der Waals surface area contributed by atoms with Gasteiger partial charge in [0.05, 0.1) is 16.1 Å². The van der Waals surface area contributed by atoms with E-state index in [9.17, 15) is 13.2 Å². The zero-order valence-electron chi connectivity index (χ0n) is 15.4. The minimum atomic E-state index is -3.79. The van der Waals surface area contributed by atoms with Gasteiger partial charge in [-0.1, -0.05) is 29.8 Å². The highest BCUT2D eigenvalue weighted by Gasteiger charge is 2.25. The van der Waals surface area contributed by atoms with Crippen molar-refractivity contribution < 1.29 is 13.2 Å². The Morgan fingerprint density at radius 1 is 0.929 bits per heavy atom. The van der Waals surface area contributed by atoms with Crippen LogP contribution in [0.2, 0.25) is 0 Å². The third kappa shape index (κ3) is 4.36. The van der Waals surface area contributed by atoms with Crippen LogP contribution in [0.5, 0.6) is 0 Å². The van der Waals surface area contributed by atoms with Crippen molar-refractivity contribution in [1.29, 1.82) is 0 Å². The lowest BCUT2D eigenvalue weighted by Crippen LogP contribution is -2.29. The van der Waals surface area contributed by atoms with E-state index in [0.717, 1.165) is 13.4 Å². The molecule has 0 atom stereocenters. The first-order valence-corrected chi connectivity index (χ1v) is 11.0. The first-order valence-electron chi connectivity index (χ1n) is 8.50. The van der Waals surface area contributed by atoms with Crippen LogP contribution in [0.15, 0.2) is 77.7 Å². The van der Waals surface area contributed by atoms with Crippen LogP contribution in [0.1, 0.15) is 15.9 Å². The molecule has 0 radical (unpaired) electrons. The second-order valence-electron chi connectivity index (χ2n) is 6.26. The lowest BCUT2D eigenvalue weighted by Gasteiger charge is -2.22. The summed E-state index contributed by atoms with van der Waals surface area (Å²) in [6.07, 6.45) is 0. The summed E-state index contributed by atoms with van der Waals surface area (Å²) in [6, 6.07) is 20.6. The highest BCUT2D eigenvalue weighted by Crippen LogP contribution is 2.26. The molecule has 3 aromatic rings. The lowest BCUT2D eigenvalue weighted by molar-refractivity contribution is 0.102. The van der Waals surface area contributed by atoms with Crippen LogP contribution < -0.4 is 9.62 Å². The second kappa shape index (κ2) is 8.32. The molecule has 0 saturated carbocycles. The molecule has 5 nitrogen and oxygen atoms in total. The van der Waals surface area contributed by atoms with Gasteiger partial charge >= 0.3 is 0 Å². The molecule has 0 heterocycles. The lowest BCUT2D eigenvalue weighted by atomic mass is 10.1. The van der Waals surface area contributed by atoms with Gasteiger partial charge in [0, 0.05) is 16.3 Å². The summed E-state index contributed by atoms with van der Waals surface area (Å²) in [5.41, 5.74) is 2.20. The van der Waals surface area contributed by atoms with Gasteiger partial charge in [0.15, 0.2) is 0 Å². The SMILES string of the molecule is Cc1ccc(S(=O)(=O)N(C)c2ccccc2C(=O)Nc2ccc(I)cc2)cc1. The van der Waals surface area contributed by atoms with E-state index < -0.39 is 10.0 Å². The number of rotatable bonds is 5. The summed E-state index contributed by atoms with van der Waals surface area (Å²) in [5.74, 6) is -0.372. The molecule has 144 valence electrons. The highest BCUT2D eigenvalue weighted by atomic mass is 127. The molecule has 1 amide bonds. The maximum absolute atomic E-state index is 13.0. The van der Waals surface area contributed by atoms with E-state index in [1.807, 2.05) is 19.1 Å². The highest BCUT2D eigenvalue weighted by molar-refractivity contribution is 14.1. The van der Waals surface area contributed by atoms with Gasteiger partial charge in [-0.25, -0.2) is 8.42 Å². The molecule has 0 unspecified atom stereocenters. The molecule has 3 rings (SSSR count). The van der Waals surface area contributed by atoms with Crippen molar-refractivity contribution >= 4 is 49.9 Å². The number of hydrogen-bond acceptors (Lipinski definition) is 3. The Bertz CT molecular complexity index is 1100. The molecule has 0 saturated heterocycles. The smallest absolute Gasteiger partial charge is 0.264 e. The number of hydrogen-bond donors (Lipinski definition) is 1. The van der Waals surface area contributed by atoms with E-state index in [1.54, 1.807) is 60.7 Å².